The van der Waals surface area contributed by atoms with E-state index in [0.717, 1.165) is 24.1 Å². The Kier molecular flexibility index (Phi) is 4.67. The lowest BCUT2D eigenvalue weighted by Crippen LogP contribution is -2.33. The van der Waals surface area contributed by atoms with Gasteiger partial charge in [0.15, 0.2) is 0 Å². The monoisotopic (exact) mass is 310 g/mol. The molecule has 0 amide bonds. The third-order valence-corrected chi connectivity index (χ3v) is 4.95. The zero-order valence-electron chi connectivity index (χ0n) is 14.0. The Hall–Kier alpha value is -1.87. The Balaban J connectivity index is 2.09. The van der Waals surface area contributed by atoms with Gasteiger partial charge in [0.1, 0.15) is 0 Å². The van der Waals surface area contributed by atoms with Crippen molar-refractivity contribution in [1.82, 2.24) is 4.57 Å². The quantitative estimate of drug-likeness (QED) is 0.923. The molecule has 0 saturated heterocycles. The molecule has 3 rings (SSSR count). The summed E-state index contributed by atoms with van der Waals surface area (Å²) < 4.78 is 2.04. The van der Waals surface area contributed by atoms with Crippen molar-refractivity contribution in [3.63, 3.8) is 0 Å². The second-order valence-electron chi connectivity index (χ2n) is 6.87. The lowest BCUT2D eigenvalue weighted by Gasteiger charge is -2.23. The molecular formula is C20H26N2O. The van der Waals surface area contributed by atoms with Crippen molar-refractivity contribution in [1.29, 1.82) is 0 Å². The van der Waals surface area contributed by atoms with Crippen LogP contribution >= 0.6 is 0 Å². The molecule has 0 radical (unpaired) electrons. The average molecular weight is 310 g/mol. The molecule has 1 aromatic carbocycles. The summed E-state index contributed by atoms with van der Waals surface area (Å²) >= 11 is 0. The van der Waals surface area contributed by atoms with E-state index in [0.29, 0.717) is 17.5 Å². The molecule has 0 spiro atoms. The first kappa shape index (κ1) is 16.0. The molecule has 2 aromatic rings. The van der Waals surface area contributed by atoms with Gasteiger partial charge in [-0.3, -0.25) is 4.79 Å². The van der Waals surface area contributed by atoms with E-state index in [-0.39, 0.29) is 11.6 Å². The van der Waals surface area contributed by atoms with Crippen LogP contribution in [-0.4, -0.2) is 4.57 Å². The second-order valence-corrected chi connectivity index (χ2v) is 6.87. The third-order valence-electron chi connectivity index (χ3n) is 4.95. The van der Waals surface area contributed by atoms with Gasteiger partial charge < -0.3 is 10.3 Å². The van der Waals surface area contributed by atoms with Crippen molar-refractivity contribution in [2.45, 2.75) is 57.5 Å². The van der Waals surface area contributed by atoms with Gasteiger partial charge in [0.05, 0.1) is 6.04 Å². The van der Waals surface area contributed by atoms with E-state index in [2.05, 4.69) is 19.9 Å². The number of benzene rings is 1. The van der Waals surface area contributed by atoms with Gasteiger partial charge in [-0.25, -0.2) is 0 Å². The molecule has 1 atom stereocenters. The predicted octanol–water partition coefficient (Wildman–Crippen LogP) is 4.13. The highest BCUT2D eigenvalue weighted by Gasteiger charge is 2.24. The van der Waals surface area contributed by atoms with E-state index in [4.69, 9.17) is 5.73 Å². The number of aromatic nitrogens is 1. The van der Waals surface area contributed by atoms with E-state index in [9.17, 15) is 4.79 Å². The highest BCUT2D eigenvalue weighted by atomic mass is 16.1. The molecule has 2 N–H and O–H groups in total. The van der Waals surface area contributed by atoms with Crippen LogP contribution < -0.4 is 11.3 Å². The van der Waals surface area contributed by atoms with E-state index >= 15 is 0 Å². The van der Waals surface area contributed by atoms with Crippen LogP contribution in [0.15, 0.2) is 47.3 Å². The Labute approximate surface area is 138 Å². The fourth-order valence-corrected chi connectivity index (χ4v) is 3.67. The van der Waals surface area contributed by atoms with Crippen molar-refractivity contribution in [2.75, 3.05) is 0 Å². The Morgan fingerprint density at radius 3 is 2.30 bits per heavy atom. The molecule has 122 valence electrons. The Morgan fingerprint density at radius 1 is 1.04 bits per heavy atom. The van der Waals surface area contributed by atoms with Crippen LogP contribution in [0.3, 0.4) is 0 Å². The number of pyridine rings is 1. The summed E-state index contributed by atoms with van der Waals surface area (Å²) in [7, 11) is 0. The molecule has 1 aliphatic carbocycles. The maximum Gasteiger partial charge on any atom is 0.256 e. The van der Waals surface area contributed by atoms with Crippen molar-refractivity contribution in [3.8, 4) is 0 Å². The number of hydrogen-bond acceptors (Lipinski definition) is 2. The minimum Gasteiger partial charge on any atom is -0.320 e. The van der Waals surface area contributed by atoms with Crippen molar-refractivity contribution >= 4 is 0 Å². The minimum absolute atomic E-state index is 0.0967. The Bertz CT molecular complexity index is 712. The predicted molar refractivity (Wildman–Crippen MR) is 94.8 cm³/mol. The maximum atomic E-state index is 13.2. The third kappa shape index (κ3) is 3.11. The normalized spacial score (nSPS) is 16.9. The van der Waals surface area contributed by atoms with Gasteiger partial charge in [-0.05, 0) is 36.5 Å². The molecule has 23 heavy (non-hydrogen) atoms. The van der Waals surface area contributed by atoms with Gasteiger partial charge in [-0.1, -0.05) is 57.0 Å². The van der Waals surface area contributed by atoms with Crippen LogP contribution in [-0.2, 0) is 0 Å². The van der Waals surface area contributed by atoms with Crippen molar-refractivity contribution in [2.24, 2.45) is 5.73 Å². The number of nitrogens with two attached hydrogens (primary N) is 1. The van der Waals surface area contributed by atoms with Gasteiger partial charge in [-0.2, -0.15) is 0 Å². The standard InChI is InChI=1S/C20H26N2O/c1-14(2)18-13-12-17(19(21)15-8-4-3-5-9-15)20(23)22(18)16-10-6-7-11-16/h3-5,8-9,12-14,16,19H,6-7,10-11,21H2,1-2H3. The first-order chi connectivity index (χ1) is 11.1. The summed E-state index contributed by atoms with van der Waals surface area (Å²) in [5.41, 5.74) is 9.31. The first-order valence-corrected chi connectivity index (χ1v) is 8.65. The average Bonchev–Trinajstić information content (AvgIpc) is 3.08. The smallest absolute Gasteiger partial charge is 0.256 e. The number of nitrogens with zero attached hydrogens (tertiary/aromatic N) is 1. The molecule has 1 heterocycles. The summed E-state index contributed by atoms with van der Waals surface area (Å²) in [5.74, 6) is 0.338. The topological polar surface area (TPSA) is 48.0 Å². The van der Waals surface area contributed by atoms with Crippen LogP contribution in [0, 0.1) is 0 Å². The van der Waals surface area contributed by atoms with Crippen LogP contribution in [0.25, 0.3) is 0 Å². The fourth-order valence-electron chi connectivity index (χ4n) is 3.67. The summed E-state index contributed by atoms with van der Waals surface area (Å²) in [6.45, 7) is 4.30. The molecule has 3 heteroatoms. The molecule has 3 nitrogen and oxygen atoms in total. The number of hydrogen-bond donors (Lipinski definition) is 1. The van der Waals surface area contributed by atoms with Crippen LogP contribution in [0.5, 0.6) is 0 Å². The van der Waals surface area contributed by atoms with Gasteiger partial charge in [0, 0.05) is 17.3 Å². The van der Waals surface area contributed by atoms with E-state index in [1.54, 1.807) is 0 Å². The second kappa shape index (κ2) is 6.71. The lowest BCUT2D eigenvalue weighted by molar-refractivity contribution is 0.469. The van der Waals surface area contributed by atoms with Crippen LogP contribution in [0.4, 0.5) is 0 Å². The highest BCUT2D eigenvalue weighted by molar-refractivity contribution is 5.31. The van der Waals surface area contributed by atoms with Gasteiger partial charge >= 0.3 is 0 Å². The summed E-state index contributed by atoms with van der Waals surface area (Å²) in [6.07, 6.45) is 4.63. The molecule has 1 unspecified atom stereocenters. The van der Waals surface area contributed by atoms with Crippen LogP contribution in [0.2, 0.25) is 0 Å². The molecule has 0 bridgehead atoms. The highest BCUT2D eigenvalue weighted by Crippen LogP contribution is 2.31. The summed E-state index contributed by atoms with van der Waals surface area (Å²) in [4.78, 5) is 13.2. The summed E-state index contributed by atoms with van der Waals surface area (Å²) in [6, 6.07) is 13.9. The molecule has 1 aliphatic rings. The van der Waals surface area contributed by atoms with Crippen molar-refractivity contribution < 1.29 is 0 Å². The molecule has 0 aliphatic heterocycles. The zero-order chi connectivity index (χ0) is 16.4. The van der Waals surface area contributed by atoms with Gasteiger partial charge in [0.2, 0.25) is 0 Å². The maximum absolute atomic E-state index is 13.2. The lowest BCUT2D eigenvalue weighted by atomic mass is 9.98. The van der Waals surface area contributed by atoms with Crippen molar-refractivity contribution in [3.05, 3.63) is 69.6 Å². The largest absolute Gasteiger partial charge is 0.320 e. The minimum atomic E-state index is -0.363. The van der Waals surface area contributed by atoms with Gasteiger partial charge in [-0.15, -0.1) is 0 Å². The molecule has 1 aromatic heterocycles. The molecule has 1 saturated carbocycles. The fraction of sp³-hybridized carbons (Fsp3) is 0.450. The Morgan fingerprint density at radius 2 is 1.70 bits per heavy atom. The SMILES string of the molecule is CC(C)c1ccc(C(N)c2ccccc2)c(=O)n1C1CCCC1. The van der Waals surface area contributed by atoms with E-state index in [1.807, 2.05) is 41.0 Å². The van der Waals surface area contributed by atoms with E-state index in [1.165, 1.54) is 12.8 Å². The number of rotatable bonds is 4. The first-order valence-electron chi connectivity index (χ1n) is 8.65. The van der Waals surface area contributed by atoms with Crippen LogP contribution in [0.1, 0.15) is 74.4 Å². The van der Waals surface area contributed by atoms with E-state index < -0.39 is 0 Å². The zero-order valence-corrected chi connectivity index (χ0v) is 14.0. The van der Waals surface area contributed by atoms with Gasteiger partial charge in [0.25, 0.3) is 5.56 Å². The summed E-state index contributed by atoms with van der Waals surface area (Å²) in [5, 5.41) is 0. The molecular weight excluding hydrogens is 284 g/mol. The molecule has 1 fully saturated rings.